The van der Waals surface area contributed by atoms with Crippen LogP contribution in [0.15, 0.2) is 52.0 Å². The summed E-state index contributed by atoms with van der Waals surface area (Å²) >= 11 is 0. The van der Waals surface area contributed by atoms with Crippen LogP contribution >= 0.6 is 0 Å². The van der Waals surface area contributed by atoms with Gasteiger partial charge in [0.2, 0.25) is 11.6 Å². The van der Waals surface area contributed by atoms with Crippen LogP contribution in [-0.4, -0.2) is 70.7 Å². The van der Waals surface area contributed by atoms with Crippen molar-refractivity contribution in [3.05, 3.63) is 58.8 Å². The Labute approximate surface area is 246 Å². The Morgan fingerprint density at radius 2 is 1.93 bits per heavy atom. The molecule has 2 N–H and O–H groups in total. The van der Waals surface area contributed by atoms with Crippen LogP contribution < -0.4 is 25.8 Å². The lowest BCUT2D eigenvalue weighted by atomic mass is 9.89. The number of methoxy groups -OCH3 is 2. The fourth-order valence-corrected chi connectivity index (χ4v) is 4.55. The number of nitrogens with zero attached hydrogens (tertiary/aromatic N) is 5. The maximum atomic E-state index is 13.5. The number of amides is 2. The zero-order valence-corrected chi connectivity index (χ0v) is 24.7. The van der Waals surface area contributed by atoms with Crippen molar-refractivity contribution in [3.8, 4) is 11.6 Å². The largest absolute Gasteiger partial charge is 0.481 e. The number of ether oxygens (including phenoxy) is 3. The van der Waals surface area contributed by atoms with E-state index in [0.717, 1.165) is 12.8 Å². The molecule has 0 spiro atoms. The summed E-state index contributed by atoms with van der Waals surface area (Å²) in [5.74, 6) is -0.163. The SMILES string of the molecule is COc1cc(-n2cccc(Nc3cc(N(C)C(=O)OC(C)(C)C)c4noc(C(=O)N[C@@H]5CC[C@H]5OC)c4n3)c2=O)ccn1. The molecule has 2 atom stereocenters. The standard InChI is InChI=1S/C29H33N7O7/c1-29(2,3)42-28(39)35(4)19-15-21(31-18-8-7-13-36(27(18)38)16-11-12-30-22(14-16)41-6)33-24-23(19)34-43-25(24)26(37)32-17-9-10-20(17)40-5/h7-8,11-15,17,20H,9-10H2,1-6H3,(H,31,33)(H,32,37)/t17-,20-/m1/s1. The molecule has 0 radical (unpaired) electrons. The van der Waals surface area contributed by atoms with E-state index in [1.54, 1.807) is 58.3 Å². The molecule has 226 valence electrons. The van der Waals surface area contributed by atoms with Gasteiger partial charge in [0, 0.05) is 38.7 Å². The van der Waals surface area contributed by atoms with Gasteiger partial charge in [0.1, 0.15) is 22.6 Å². The first kappa shape index (κ1) is 29.5. The van der Waals surface area contributed by atoms with Crippen molar-refractivity contribution in [1.29, 1.82) is 0 Å². The summed E-state index contributed by atoms with van der Waals surface area (Å²) in [4.78, 5) is 49.6. The first-order valence-electron chi connectivity index (χ1n) is 13.6. The van der Waals surface area contributed by atoms with Crippen molar-refractivity contribution in [2.45, 2.75) is 51.4 Å². The molecule has 2 amide bonds. The van der Waals surface area contributed by atoms with Gasteiger partial charge in [0.05, 0.1) is 30.6 Å². The number of anilines is 3. The van der Waals surface area contributed by atoms with Gasteiger partial charge in [0.15, 0.2) is 5.52 Å². The summed E-state index contributed by atoms with van der Waals surface area (Å²) < 4.78 is 23.0. The minimum Gasteiger partial charge on any atom is -0.481 e. The van der Waals surface area contributed by atoms with Crippen LogP contribution in [0.3, 0.4) is 0 Å². The average molecular weight is 592 g/mol. The molecule has 1 saturated carbocycles. The molecule has 1 aliphatic rings. The highest BCUT2D eigenvalue weighted by Crippen LogP contribution is 2.32. The summed E-state index contributed by atoms with van der Waals surface area (Å²) in [5, 5.41) is 10.0. The maximum absolute atomic E-state index is 13.5. The molecule has 0 saturated heterocycles. The van der Waals surface area contributed by atoms with Crippen LogP contribution in [0.25, 0.3) is 16.7 Å². The fraction of sp³-hybridized carbons (Fsp3) is 0.379. The fourth-order valence-electron chi connectivity index (χ4n) is 4.55. The average Bonchev–Trinajstić information content (AvgIpc) is 3.39. The van der Waals surface area contributed by atoms with Gasteiger partial charge in [-0.3, -0.25) is 19.1 Å². The van der Waals surface area contributed by atoms with Gasteiger partial charge in [-0.1, -0.05) is 5.16 Å². The molecule has 4 aromatic heterocycles. The van der Waals surface area contributed by atoms with Crippen molar-refractivity contribution in [2.75, 3.05) is 31.5 Å². The van der Waals surface area contributed by atoms with Crippen molar-refractivity contribution >= 4 is 40.2 Å². The molecule has 14 heteroatoms. The third-order valence-corrected chi connectivity index (χ3v) is 6.90. The lowest BCUT2D eigenvalue weighted by molar-refractivity contribution is 0.00677. The number of aromatic nitrogens is 4. The van der Waals surface area contributed by atoms with E-state index in [0.29, 0.717) is 11.6 Å². The zero-order valence-electron chi connectivity index (χ0n) is 24.7. The molecule has 0 unspecified atom stereocenters. The molecule has 0 aromatic carbocycles. The molecule has 4 aromatic rings. The number of carbonyl (C=O) groups excluding carboxylic acids is 2. The minimum absolute atomic E-state index is 0.0938. The molecule has 0 aliphatic heterocycles. The Hall–Kier alpha value is -4.98. The van der Waals surface area contributed by atoms with Crippen molar-refractivity contribution < 1.29 is 28.3 Å². The van der Waals surface area contributed by atoms with Crippen molar-refractivity contribution in [2.24, 2.45) is 0 Å². The number of fused-ring (bicyclic) bond motifs is 1. The van der Waals surface area contributed by atoms with Gasteiger partial charge < -0.3 is 29.4 Å². The summed E-state index contributed by atoms with van der Waals surface area (Å²) in [5.41, 5.74) is 0.0653. The van der Waals surface area contributed by atoms with Crippen LogP contribution in [-0.2, 0) is 9.47 Å². The van der Waals surface area contributed by atoms with E-state index < -0.39 is 23.2 Å². The molecule has 5 rings (SSSR count). The Morgan fingerprint density at radius 3 is 2.60 bits per heavy atom. The molecule has 1 aliphatic carbocycles. The first-order chi connectivity index (χ1) is 20.5. The van der Waals surface area contributed by atoms with Gasteiger partial charge >= 0.3 is 6.09 Å². The van der Waals surface area contributed by atoms with Gasteiger partial charge in [-0.15, -0.1) is 0 Å². The van der Waals surface area contributed by atoms with Gasteiger partial charge in [-0.2, -0.15) is 0 Å². The topological polar surface area (TPSA) is 163 Å². The Morgan fingerprint density at radius 1 is 1.14 bits per heavy atom. The maximum Gasteiger partial charge on any atom is 0.414 e. The predicted octanol–water partition coefficient (Wildman–Crippen LogP) is 3.80. The third-order valence-electron chi connectivity index (χ3n) is 6.90. The lowest BCUT2D eigenvalue weighted by Crippen LogP contribution is -2.51. The third kappa shape index (κ3) is 6.14. The zero-order chi connectivity index (χ0) is 30.9. The van der Waals surface area contributed by atoms with Crippen LogP contribution in [0, 0.1) is 0 Å². The van der Waals surface area contributed by atoms with Gasteiger partial charge in [0.25, 0.3) is 11.5 Å². The highest BCUT2D eigenvalue weighted by Gasteiger charge is 2.34. The van der Waals surface area contributed by atoms with Gasteiger partial charge in [-0.05, 0) is 51.8 Å². The predicted molar refractivity (Wildman–Crippen MR) is 157 cm³/mol. The van der Waals surface area contributed by atoms with Crippen molar-refractivity contribution in [1.82, 2.24) is 25.0 Å². The van der Waals surface area contributed by atoms with Crippen LogP contribution in [0.2, 0.25) is 0 Å². The van der Waals surface area contributed by atoms with E-state index in [1.807, 2.05) is 0 Å². The number of carbonyl (C=O) groups is 2. The molecular weight excluding hydrogens is 558 g/mol. The number of pyridine rings is 3. The van der Waals surface area contributed by atoms with E-state index in [2.05, 4.69) is 25.8 Å². The second-order valence-electron chi connectivity index (χ2n) is 11.0. The van der Waals surface area contributed by atoms with Crippen molar-refractivity contribution in [3.63, 3.8) is 0 Å². The van der Waals surface area contributed by atoms with E-state index in [4.69, 9.17) is 18.7 Å². The summed E-state index contributed by atoms with van der Waals surface area (Å²) in [6.45, 7) is 5.25. The molecule has 1 fully saturated rings. The molecule has 43 heavy (non-hydrogen) atoms. The monoisotopic (exact) mass is 591 g/mol. The molecule has 4 heterocycles. The van der Waals surface area contributed by atoms with E-state index in [1.165, 1.54) is 35.9 Å². The van der Waals surface area contributed by atoms with Crippen LogP contribution in [0.1, 0.15) is 44.2 Å². The number of hydrogen-bond donors (Lipinski definition) is 2. The lowest BCUT2D eigenvalue weighted by Gasteiger charge is -2.35. The summed E-state index contributed by atoms with van der Waals surface area (Å²) in [6.07, 6.45) is 3.97. The van der Waals surface area contributed by atoms with E-state index in [9.17, 15) is 14.4 Å². The highest BCUT2D eigenvalue weighted by molar-refractivity contribution is 6.07. The Kier molecular flexibility index (Phi) is 8.04. The van der Waals surface area contributed by atoms with Crippen LogP contribution in [0.4, 0.5) is 22.0 Å². The van der Waals surface area contributed by atoms with Crippen LogP contribution in [0.5, 0.6) is 5.88 Å². The smallest absolute Gasteiger partial charge is 0.414 e. The molecule has 0 bridgehead atoms. The van der Waals surface area contributed by atoms with E-state index >= 15 is 0 Å². The Bertz CT molecular complexity index is 1720. The second-order valence-corrected chi connectivity index (χ2v) is 11.0. The van der Waals surface area contributed by atoms with E-state index in [-0.39, 0.29) is 46.1 Å². The quantitative estimate of drug-likeness (QED) is 0.306. The Balaban J connectivity index is 1.56. The summed E-state index contributed by atoms with van der Waals surface area (Å²) in [6, 6.07) is 7.91. The normalized spacial score (nSPS) is 16.3. The number of nitrogens with one attached hydrogen (secondary N) is 2. The summed E-state index contributed by atoms with van der Waals surface area (Å²) in [7, 11) is 4.58. The number of rotatable bonds is 8. The molecular formula is C29H33N7O7. The van der Waals surface area contributed by atoms with Gasteiger partial charge in [-0.25, -0.2) is 14.8 Å². The minimum atomic E-state index is -0.765. The molecule has 14 nitrogen and oxygen atoms in total. The second kappa shape index (κ2) is 11.7. The highest BCUT2D eigenvalue weighted by atomic mass is 16.6. The number of hydrogen-bond acceptors (Lipinski definition) is 11. The first-order valence-corrected chi connectivity index (χ1v) is 13.6.